The van der Waals surface area contributed by atoms with Crippen LogP contribution in [0.1, 0.15) is 18.5 Å². The van der Waals surface area contributed by atoms with Gasteiger partial charge in [-0.3, -0.25) is 4.79 Å². The molecule has 1 aromatic rings. The first-order valence-corrected chi connectivity index (χ1v) is 7.99. The summed E-state index contributed by atoms with van der Waals surface area (Å²) in [5.41, 5.74) is 0.501. The zero-order chi connectivity index (χ0) is 17.6. The maximum Gasteiger partial charge on any atom is 0.411 e. The van der Waals surface area contributed by atoms with E-state index in [4.69, 9.17) is 4.74 Å². The number of hydrogen-bond donors (Lipinski definition) is 1. The molecule has 1 N–H and O–H groups in total. The van der Waals surface area contributed by atoms with E-state index in [1.807, 2.05) is 0 Å². The van der Waals surface area contributed by atoms with Crippen molar-refractivity contribution in [1.29, 1.82) is 0 Å². The Kier molecular flexibility index (Phi) is 7.50. The lowest BCUT2D eigenvalue weighted by atomic mass is 10.0. The minimum atomic E-state index is -4.78. The fourth-order valence-electron chi connectivity index (χ4n) is 2.42. The first kappa shape index (κ1) is 19.9. The van der Waals surface area contributed by atoms with Crippen LogP contribution in [-0.4, -0.2) is 53.3 Å². The summed E-state index contributed by atoms with van der Waals surface area (Å²) in [5, 5.41) is 9.52. The van der Waals surface area contributed by atoms with Gasteiger partial charge in [0.15, 0.2) is 6.04 Å². The van der Waals surface area contributed by atoms with E-state index in [2.05, 4.69) is 15.9 Å². The highest BCUT2D eigenvalue weighted by Gasteiger charge is 2.50. The van der Waals surface area contributed by atoms with Gasteiger partial charge in [-0.25, -0.2) is 0 Å². The van der Waals surface area contributed by atoms with Gasteiger partial charge in [0.25, 0.3) is 0 Å². The number of halogens is 4. The predicted molar refractivity (Wildman–Crippen MR) is 83.2 cm³/mol. The maximum atomic E-state index is 13.5. The highest BCUT2D eigenvalue weighted by atomic mass is 79.9. The van der Waals surface area contributed by atoms with Crippen molar-refractivity contribution in [2.75, 3.05) is 19.0 Å². The molecule has 3 atom stereocenters. The van der Waals surface area contributed by atoms with Crippen LogP contribution in [0.15, 0.2) is 30.3 Å². The molecule has 23 heavy (non-hydrogen) atoms. The van der Waals surface area contributed by atoms with Crippen molar-refractivity contribution >= 4 is 21.8 Å². The molecule has 0 aliphatic rings. The monoisotopic (exact) mass is 397 g/mol. The van der Waals surface area contributed by atoms with Gasteiger partial charge in [-0.1, -0.05) is 46.3 Å². The molecule has 0 radical (unpaired) electrons. The molecule has 0 spiro atoms. The minimum Gasteiger partial charge on any atom is -0.390 e. The molecular formula is C15H19BrF3NO3. The van der Waals surface area contributed by atoms with Crippen LogP contribution in [0.4, 0.5) is 13.2 Å². The number of aliphatic hydroxyl groups is 1. The number of aliphatic hydroxyl groups excluding tert-OH is 1. The molecule has 0 unspecified atom stereocenters. The molecule has 4 nitrogen and oxygen atoms in total. The summed E-state index contributed by atoms with van der Waals surface area (Å²) < 4.78 is 45.4. The maximum absolute atomic E-state index is 13.5. The van der Waals surface area contributed by atoms with E-state index in [9.17, 15) is 23.1 Å². The van der Waals surface area contributed by atoms with Gasteiger partial charge in [-0.05, 0) is 5.56 Å². The third kappa shape index (κ3) is 5.19. The first-order chi connectivity index (χ1) is 10.7. The van der Waals surface area contributed by atoms with Gasteiger partial charge in [-0.2, -0.15) is 13.2 Å². The van der Waals surface area contributed by atoms with Crippen molar-refractivity contribution in [1.82, 2.24) is 4.90 Å². The number of hydrogen-bond acceptors (Lipinski definition) is 3. The summed E-state index contributed by atoms with van der Waals surface area (Å²) in [6.45, 7) is 0.927. The van der Waals surface area contributed by atoms with E-state index in [1.165, 1.54) is 7.11 Å². The lowest BCUT2D eigenvalue weighted by molar-refractivity contribution is -0.215. The zero-order valence-corrected chi connectivity index (χ0v) is 14.3. The standard InChI is InChI=1S/C15H19BrF3NO3/c1-10(21)20(14(13(22)8-16)15(17,18)19)12(9-23-2)11-6-4-3-5-7-11/h3-7,12-14,22H,8-9H2,1-2H3/t12-,13-,14+/m0/s1. The number of nitrogens with zero attached hydrogens (tertiary/aromatic N) is 1. The molecule has 0 aromatic heterocycles. The lowest BCUT2D eigenvalue weighted by Crippen LogP contribution is -2.57. The third-order valence-corrected chi connectivity index (χ3v) is 4.03. The van der Waals surface area contributed by atoms with Gasteiger partial charge >= 0.3 is 6.18 Å². The van der Waals surface area contributed by atoms with Gasteiger partial charge in [0.2, 0.25) is 5.91 Å². The van der Waals surface area contributed by atoms with Gasteiger partial charge in [-0.15, -0.1) is 0 Å². The number of carbonyl (C=O) groups excluding carboxylic acids is 1. The summed E-state index contributed by atoms with van der Waals surface area (Å²) in [5.74, 6) is -0.793. The molecule has 1 rings (SSSR count). The second-order valence-electron chi connectivity index (χ2n) is 5.02. The third-order valence-electron chi connectivity index (χ3n) is 3.37. The Bertz CT molecular complexity index is 498. The number of ether oxygens (including phenoxy) is 1. The highest BCUT2D eigenvalue weighted by molar-refractivity contribution is 9.09. The quantitative estimate of drug-likeness (QED) is 0.719. The van der Waals surface area contributed by atoms with Crippen molar-refractivity contribution < 1.29 is 27.8 Å². The summed E-state index contributed by atoms with van der Waals surface area (Å²) in [6, 6.07) is 5.00. The first-order valence-electron chi connectivity index (χ1n) is 6.87. The molecule has 0 heterocycles. The summed E-state index contributed by atoms with van der Waals surface area (Å²) >= 11 is 2.85. The molecule has 130 valence electrons. The predicted octanol–water partition coefficient (Wildman–Crippen LogP) is 2.91. The Balaban J connectivity index is 3.36. The van der Waals surface area contributed by atoms with Crippen LogP contribution in [0.5, 0.6) is 0 Å². The van der Waals surface area contributed by atoms with Crippen molar-refractivity contribution in [2.24, 2.45) is 0 Å². The molecule has 1 amide bonds. The Morgan fingerprint density at radius 3 is 2.30 bits per heavy atom. The number of alkyl halides is 4. The van der Waals surface area contributed by atoms with Crippen LogP contribution in [-0.2, 0) is 9.53 Å². The van der Waals surface area contributed by atoms with E-state index >= 15 is 0 Å². The van der Waals surface area contributed by atoms with Gasteiger partial charge in [0, 0.05) is 19.4 Å². The molecule has 8 heteroatoms. The average molecular weight is 398 g/mol. The van der Waals surface area contributed by atoms with E-state index in [0.717, 1.165) is 6.92 Å². The highest BCUT2D eigenvalue weighted by Crippen LogP contribution is 2.34. The van der Waals surface area contributed by atoms with Gasteiger partial charge in [0.1, 0.15) is 0 Å². The summed E-state index contributed by atoms with van der Waals surface area (Å²) in [4.78, 5) is 12.6. The number of methoxy groups -OCH3 is 1. The molecule has 0 saturated carbocycles. The van der Waals surface area contributed by atoms with Crippen LogP contribution >= 0.6 is 15.9 Å². The van der Waals surface area contributed by atoms with E-state index in [0.29, 0.717) is 10.5 Å². The number of benzene rings is 1. The van der Waals surface area contributed by atoms with E-state index in [1.54, 1.807) is 30.3 Å². The van der Waals surface area contributed by atoms with Crippen LogP contribution in [0.25, 0.3) is 0 Å². The molecule has 1 aromatic carbocycles. The summed E-state index contributed by atoms with van der Waals surface area (Å²) in [6.07, 6.45) is -6.57. The zero-order valence-electron chi connectivity index (χ0n) is 12.8. The molecular weight excluding hydrogens is 379 g/mol. The summed E-state index contributed by atoms with van der Waals surface area (Å²) in [7, 11) is 1.35. The van der Waals surface area contributed by atoms with Gasteiger partial charge in [0.05, 0.1) is 18.8 Å². The fraction of sp³-hybridized carbons (Fsp3) is 0.533. The van der Waals surface area contributed by atoms with Crippen LogP contribution in [0, 0.1) is 0 Å². The van der Waals surface area contributed by atoms with Crippen LogP contribution in [0.3, 0.4) is 0 Å². The molecule has 0 saturated heterocycles. The van der Waals surface area contributed by atoms with Gasteiger partial charge < -0.3 is 14.7 Å². The SMILES string of the molecule is COC[C@@H](c1ccccc1)N(C(C)=O)[C@H]([C@@H](O)CBr)C(F)(F)F. The second-order valence-corrected chi connectivity index (χ2v) is 5.66. The Labute approximate surface area is 141 Å². The molecule has 0 aliphatic heterocycles. The van der Waals surface area contributed by atoms with Crippen LogP contribution < -0.4 is 0 Å². The van der Waals surface area contributed by atoms with E-state index < -0.39 is 30.3 Å². The van der Waals surface area contributed by atoms with Crippen LogP contribution in [0.2, 0.25) is 0 Å². The largest absolute Gasteiger partial charge is 0.411 e. The topological polar surface area (TPSA) is 49.8 Å². The molecule has 0 fully saturated rings. The lowest BCUT2D eigenvalue weighted by Gasteiger charge is -2.40. The minimum absolute atomic E-state index is 0.120. The number of amides is 1. The molecule has 0 bridgehead atoms. The van der Waals surface area contributed by atoms with Crippen molar-refractivity contribution in [2.45, 2.75) is 31.3 Å². The number of rotatable bonds is 7. The Morgan fingerprint density at radius 1 is 1.35 bits per heavy atom. The Morgan fingerprint density at radius 2 is 1.91 bits per heavy atom. The second kappa shape index (κ2) is 8.65. The van der Waals surface area contributed by atoms with Crippen molar-refractivity contribution in [3.05, 3.63) is 35.9 Å². The van der Waals surface area contributed by atoms with Crippen molar-refractivity contribution in [3.8, 4) is 0 Å². The Hall–Kier alpha value is -1.12. The fourth-order valence-corrected chi connectivity index (χ4v) is 2.78. The smallest absolute Gasteiger partial charge is 0.390 e. The molecule has 0 aliphatic carbocycles. The van der Waals surface area contributed by atoms with Crippen molar-refractivity contribution in [3.63, 3.8) is 0 Å². The van der Waals surface area contributed by atoms with E-state index in [-0.39, 0.29) is 11.9 Å². The average Bonchev–Trinajstić information content (AvgIpc) is 2.49. The number of carbonyl (C=O) groups is 1. The normalized spacial score (nSPS) is 15.8.